The van der Waals surface area contributed by atoms with Gasteiger partial charge in [-0.1, -0.05) is 6.08 Å². The van der Waals surface area contributed by atoms with E-state index in [1.165, 1.54) is 6.07 Å². The zero-order valence-corrected chi connectivity index (χ0v) is 6.63. The Hall–Kier alpha value is -1.31. The minimum Gasteiger partial charge on any atom is -0.423 e. The molecule has 1 rings (SSSR count). The van der Waals surface area contributed by atoms with Crippen LogP contribution in [-0.2, 0) is 0 Å². The van der Waals surface area contributed by atoms with Crippen LogP contribution in [0.25, 0.3) is 12.2 Å². The summed E-state index contributed by atoms with van der Waals surface area (Å²) in [5.41, 5.74) is 0.337. The second-order valence-electron chi connectivity index (χ2n) is 2.15. The van der Waals surface area contributed by atoms with Crippen molar-refractivity contribution >= 4 is 12.2 Å². The molecule has 0 saturated heterocycles. The van der Waals surface area contributed by atoms with E-state index in [2.05, 4.69) is 0 Å². The first-order valence-corrected chi connectivity index (χ1v) is 3.51. The van der Waals surface area contributed by atoms with Gasteiger partial charge in [-0.05, 0) is 26.0 Å². The first kappa shape index (κ1) is 7.79. The molecular weight excluding hydrogens is 140 g/mol. The third-order valence-electron chi connectivity index (χ3n) is 1.47. The lowest BCUT2D eigenvalue weighted by Crippen LogP contribution is -2.27. The third kappa shape index (κ3) is 1.58. The Bertz CT molecular complexity index is 398. The largest absolute Gasteiger partial charge is 0.423 e. The molecule has 1 aromatic rings. The topological polar surface area (TPSA) is 30.2 Å². The van der Waals surface area contributed by atoms with Crippen molar-refractivity contribution in [3.8, 4) is 0 Å². The van der Waals surface area contributed by atoms with Gasteiger partial charge in [0.15, 0.2) is 0 Å². The SMILES string of the molecule is C/C=c1/ccc(=O)o/c1=C/C. The Morgan fingerprint density at radius 2 is 2.00 bits per heavy atom. The molecule has 0 N–H and O–H groups in total. The van der Waals surface area contributed by atoms with E-state index < -0.39 is 0 Å². The molecule has 0 spiro atoms. The average Bonchev–Trinajstić information content (AvgIpc) is 2.04. The van der Waals surface area contributed by atoms with E-state index in [-0.39, 0.29) is 5.63 Å². The van der Waals surface area contributed by atoms with Gasteiger partial charge >= 0.3 is 5.63 Å². The van der Waals surface area contributed by atoms with E-state index in [9.17, 15) is 4.79 Å². The van der Waals surface area contributed by atoms with Gasteiger partial charge in [0.25, 0.3) is 0 Å². The highest BCUT2D eigenvalue weighted by Crippen LogP contribution is 1.63. The van der Waals surface area contributed by atoms with Gasteiger partial charge in [-0.15, -0.1) is 0 Å². The summed E-state index contributed by atoms with van der Waals surface area (Å²) in [4.78, 5) is 10.7. The lowest BCUT2D eigenvalue weighted by atomic mass is 10.3. The maximum atomic E-state index is 10.7. The number of hydrogen-bond donors (Lipinski definition) is 0. The zero-order valence-electron chi connectivity index (χ0n) is 6.63. The molecule has 1 aromatic heterocycles. The number of rotatable bonds is 0. The predicted molar refractivity (Wildman–Crippen MR) is 44.5 cm³/mol. The van der Waals surface area contributed by atoms with E-state index in [0.717, 1.165) is 5.22 Å². The van der Waals surface area contributed by atoms with Crippen LogP contribution >= 0.6 is 0 Å². The minimum absolute atomic E-state index is 0.302. The van der Waals surface area contributed by atoms with Crippen LogP contribution in [0.15, 0.2) is 21.3 Å². The quantitative estimate of drug-likeness (QED) is 0.530. The highest BCUT2D eigenvalue weighted by molar-refractivity contribution is 5.23. The van der Waals surface area contributed by atoms with Crippen LogP contribution in [0.2, 0.25) is 0 Å². The van der Waals surface area contributed by atoms with E-state index >= 15 is 0 Å². The Morgan fingerprint density at radius 1 is 1.27 bits per heavy atom. The molecule has 2 heteroatoms. The molecular formula is C9H10O2. The van der Waals surface area contributed by atoms with Crippen molar-refractivity contribution in [2.24, 2.45) is 0 Å². The summed E-state index contributed by atoms with van der Waals surface area (Å²) in [5.74, 6) is 0. The van der Waals surface area contributed by atoms with Gasteiger partial charge in [0.1, 0.15) is 5.42 Å². The highest BCUT2D eigenvalue weighted by Gasteiger charge is 1.85. The molecule has 0 fully saturated rings. The van der Waals surface area contributed by atoms with E-state index in [1.807, 2.05) is 19.9 Å². The maximum absolute atomic E-state index is 10.7. The second-order valence-corrected chi connectivity index (χ2v) is 2.15. The molecule has 11 heavy (non-hydrogen) atoms. The lowest BCUT2D eigenvalue weighted by Gasteiger charge is -1.85. The summed E-state index contributed by atoms with van der Waals surface area (Å²) >= 11 is 0. The summed E-state index contributed by atoms with van der Waals surface area (Å²) < 4.78 is 4.91. The first-order valence-electron chi connectivity index (χ1n) is 3.51. The summed E-state index contributed by atoms with van der Waals surface area (Å²) in [6, 6.07) is 3.17. The fraction of sp³-hybridized carbons (Fsp3) is 0.222. The molecule has 0 aliphatic heterocycles. The zero-order chi connectivity index (χ0) is 8.27. The fourth-order valence-corrected chi connectivity index (χ4v) is 0.905. The van der Waals surface area contributed by atoms with Gasteiger partial charge in [-0.25, -0.2) is 4.79 Å². The smallest absolute Gasteiger partial charge is 0.336 e. The van der Waals surface area contributed by atoms with Gasteiger partial charge in [-0.3, -0.25) is 0 Å². The summed E-state index contributed by atoms with van der Waals surface area (Å²) in [5, 5.41) is 0.951. The summed E-state index contributed by atoms with van der Waals surface area (Å²) in [6.45, 7) is 3.74. The fourth-order valence-electron chi connectivity index (χ4n) is 0.905. The number of hydrogen-bond acceptors (Lipinski definition) is 2. The van der Waals surface area contributed by atoms with Crippen molar-refractivity contribution < 1.29 is 4.42 Å². The van der Waals surface area contributed by atoms with Crippen molar-refractivity contribution in [3.63, 3.8) is 0 Å². The molecule has 0 unspecified atom stereocenters. The Morgan fingerprint density at radius 3 is 2.55 bits per heavy atom. The molecule has 0 aromatic carbocycles. The van der Waals surface area contributed by atoms with Crippen LogP contribution in [0, 0.1) is 0 Å². The molecule has 0 aliphatic rings. The predicted octanol–water partition coefficient (Wildman–Crippen LogP) is 0.241. The molecule has 0 aliphatic carbocycles. The van der Waals surface area contributed by atoms with E-state index in [4.69, 9.17) is 4.42 Å². The van der Waals surface area contributed by atoms with Crippen molar-refractivity contribution in [3.05, 3.63) is 33.2 Å². The molecule has 2 nitrogen and oxygen atoms in total. The van der Waals surface area contributed by atoms with E-state index in [1.54, 1.807) is 12.1 Å². The normalized spacial score (nSPS) is 14.0. The lowest BCUT2D eigenvalue weighted by molar-refractivity contribution is 0.473. The van der Waals surface area contributed by atoms with Gasteiger partial charge in [-0.2, -0.15) is 0 Å². The van der Waals surface area contributed by atoms with Crippen molar-refractivity contribution in [1.82, 2.24) is 0 Å². The van der Waals surface area contributed by atoms with E-state index in [0.29, 0.717) is 5.42 Å². The molecule has 0 bridgehead atoms. The molecule has 0 saturated carbocycles. The Balaban J connectivity index is 3.69. The third-order valence-corrected chi connectivity index (χ3v) is 1.47. The van der Waals surface area contributed by atoms with Crippen LogP contribution in [0.3, 0.4) is 0 Å². The van der Waals surface area contributed by atoms with Crippen LogP contribution in [0.4, 0.5) is 0 Å². The van der Waals surface area contributed by atoms with Gasteiger partial charge in [0, 0.05) is 11.3 Å². The van der Waals surface area contributed by atoms with Crippen LogP contribution < -0.4 is 16.3 Å². The highest BCUT2D eigenvalue weighted by atomic mass is 16.4. The van der Waals surface area contributed by atoms with Gasteiger partial charge < -0.3 is 4.42 Å². The van der Waals surface area contributed by atoms with Crippen LogP contribution in [0.1, 0.15) is 13.8 Å². The van der Waals surface area contributed by atoms with Crippen molar-refractivity contribution in [2.45, 2.75) is 13.8 Å². The Labute approximate surface area is 64.5 Å². The van der Waals surface area contributed by atoms with Crippen LogP contribution in [0.5, 0.6) is 0 Å². The summed E-state index contributed by atoms with van der Waals surface area (Å²) in [6.07, 6.45) is 3.68. The standard InChI is InChI=1S/C9H10O2/c1-3-7-5-6-9(10)11-8(7)4-2/h3-6H,1-2H3/b7-3-,8-4+. The molecule has 58 valence electrons. The Kier molecular flexibility index (Phi) is 2.26. The molecule has 0 amide bonds. The van der Waals surface area contributed by atoms with Crippen molar-refractivity contribution in [2.75, 3.05) is 0 Å². The monoisotopic (exact) mass is 150 g/mol. The second kappa shape index (κ2) is 3.19. The van der Waals surface area contributed by atoms with Gasteiger partial charge in [0.05, 0.1) is 0 Å². The summed E-state index contributed by atoms with van der Waals surface area (Å²) in [7, 11) is 0. The molecule has 0 radical (unpaired) electrons. The average molecular weight is 150 g/mol. The maximum Gasteiger partial charge on any atom is 0.336 e. The molecule has 1 heterocycles. The van der Waals surface area contributed by atoms with Gasteiger partial charge in [0.2, 0.25) is 0 Å². The van der Waals surface area contributed by atoms with Crippen LogP contribution in [-0.4, -0.2) is 0 Å². The first-order chi connectivity index (χ1) is 5.27. The minimum atomic E-state index is -0.302. The molecule has 0 atom stereocenters. The van der Waals surface area contributed by atoms with Crippen molar-refractivity contribution in [1.29, 1.82) is 0 Å².